The minimum atomic E-state index is 0.722. The molecule has 2 unspecified atom stereocenters. The van der Waals surface area contributed by atoms with Crippen LogP contribution in [0.25, 0.3) is 0 Å². The molecule has 2 rings (SSSR count). The smallest absolute Gasteiger partial charge is 0.00722 e. The molecule has 0 aromatic rings. The minimum Gasteiger partial charge on any atom is -0.301 e. The van der Waals surface area contributed by atoms with Gasteiger partial charge in [-0.2, -0.15) is 0 Å². The van der Waals surface area contributed by atoms with E-state index >= 15 is 0 Å². The molecule has 0 N–H and O–H groups in total. The Hall–Kier alpha value is -0.0800. The molecule has 0 saturated carbocycles. The Balaban J connectivity index is 1.73. The third kappa shape index (κ3) is 4.21. The molecule has 0 aromatic carbocycles. The van der Waals surface area contributed by atoms with Crippen LogP contribution in [0.15, 0.2) is 0 Å². The highest BCUT2D eigenvalue weighted by Crippen LogP contribution is 2.33. The van der Waals surface area contributed by atoms with Crippen LogP contribution >= 0.6 is 0 Å². The van der Waals surface area contributed by atoms with Crippen molar-refractivity contribution in [1.29, 1.82) is 0 Å². The van der Waals surface area contributed by atoms with E-state index in [9.17, 15) is 0 Å². The largest absolute Gasteiger partial charge is 0.301 e. The molecule has 2 fully saturated rings. The molecular weight excluding hydrogens is 244 g/mol. The van der Waals surface area contributed by atoms with Crippen LogP contribution in [0.5, 0.6) is 0 Å². The van der Waals surface area contributed by atoms with Gasteiger partial charge >= 0.3 is 0 Å². The zero-order valence-electron chi connectivity index (χ0n) is 14.4. The molecule has 2 atom stereocenters. The van der Waals surface area contributed by atoms with Crippen LogP contribution < -0.4 is 0 Å². The average molecular weight is 281 g/mol. The molecule has 2 nitrogen and oxygen atoms in total. The van der Waals surface area contributed by atoms with Crippen LogP contribution in [-0.2, 0) is 0 Å². The number of hydrogen-bond donors (Lipinski definition) is 0. The predicted octanol–water partition coefficient (Wildman–Crippen LogP) is 4.01. The van der Waals surface area contributed by atoms with Crippen molar-refractivity contribution in [2.24, 2.45) is 11.8 Å². The van der Waals surface area contributed by atoms with Crippen LogP contribution in [0.2, 0.25) is 0 Å². The summed E-state index contributed by atoms with van der Waals surface area (Å²) in [6.07, 6.45) is 7.26. The minimum absolute atomic E-state index is 0.722. The van der Waals surface area contributed by atoms with Crippen molar-refractivity contribution in [3.63, 3.8) is 0 Å². The molecule has 2 aliphatic heterocycles. The zero-order chi connectivity index (χ0) is 14.7. The predicted molar refractivity (Wildman–Crippen MR) is 88.1 cm³/mol. The summed E-state index contributed by atoms with van der Waals surface area (Å²) in [5.74, 6) is 2.00. The Morgan fingerprint density at radius 2 is 1.45 bits per heavy atom. The summed E-state index contributed by atoms with van der Waals surface area (Å²) < 4.78 is 0. The third-order valence-electron chi connectivity index (χ3n) is 5.75. The quantitative estimate of drug-likeness (QED) is 0.768. The second kappa shape index (κ2) is 7.26. The van der Waals surface area contributed by atoms with Crippen molar-refractivity contribution in [2.75, 3.05) is 19.6 Å². The van der Waals surface area contributed by atoms with Gasteiger partial charge in [-0.3, -0.25) is 4.90 Å². The van der Waals surface area contributed by atoms with Crippen LogP contribution in [0.1, 0.15) is 66.7 Å². The van der Waals surface area contributed by atoms with Crippen LogP contribution in [0.3, 0.4) is 0 Å². The molecule has 0 amide bonds. The van der Waals surface area contributed by atoms with Gasteiger partial charge in [-0.15, -0.1) is 0 Å². The first-order valence-corrected chi connectivity index (χ1v) is 8.97. The summed E-state index contributed by atoms with van der Waals surface area (Å²) in [5.41, 5.74) is 0. The van der Waals surface area contributed by atoms with Crippen LogP contribution in [0.4, 0.5) is 0 Å². The lowest BCUT2D eigenvalue weighted by Crippen LogP contribution is -2.45. The van der Waals surface area contributed by atoms with E-state index in [0.29, 0.717) is 0 Å². The Morgan fingerprint density at radius 1 is 0.850 bits per heavy atom. The molecule has 20 heavy (non-hydrogen) atoms. The molecule has 2 saturated heterocycles. The lowest BCUT2D eigenvalue weighted by molar-refractivity contribution is 0.0719. The van der Waals surface area contributed by atoms with E-state index in [0.717, 1.165) is 30.0 Å². The first-order valence-electron chi connectivity index (χ1n) is 8.97. The van der Waals surface area contributed by atoms with Gasteiger partial charge in [0.2, 0.25) is 0 Å². The monoisotopic (exact) mass is 280 g/mol. The average Bonchev–Trinajstić information content (AvgIpc) is 2.39. The molecule has 0 radical (unpaired) electrons. The molecular formula is C18H36N2. The van der Waals surface area contributed by atoms with Crippen LogP contribution in [-0.4, -0.2) is 47.6 Å². The first kappa shape index (κ1) is 16.3. The first-order chi connectivity index (χ1) is 9.47. The van der Waals surface area contributed by atoms with Gasteiger partial charge in [-0.05, 0) is 98.2 Å². The van der Waals surface area contributed by atoms with Gasteiger partial charge in [-0.1, -0.05) is 0 Å². The summed E-state index contributed by atoms with van der Waals surface area (Å²) in [7, 11) is 0. The molecule has 2 aliphatic rings. The van der Waals surface area contributed by atoms with E-state index in [2.05, 4.69) is 44.4 Å². The van der Waals surface area contributed by atoms with Gasteiger partial charge in [0.15, 0.2) is 0 Å². The number of likely N-dealkylation sites (tertiary alicyclic amines) is 2. The van der Waals surface area contributed by atoms with Gasteiger partial charge in [-0.25, -0.2) is 0 Å². The van der Waals surface area contributed by atoms with Crippen molar-refractivity contribution in [3.05, 3.63) is 0 Å². The number of nitrogens with zero attached hydrogens (tertiary/aromatic N) is 2. The highest BCUT2D eigenvalue weighted by molar-refractivity contribution is 4.84. The van der Waals surface area contributed by atoms with E-state index < -0.39 is 0 Å². The van der Waals surface area contributed by atoms with Crippen LogP contribution in [0, 0.1) is 11.8 Å². The fourth-order valence-corrected chi connectivity index (χ4v) is 4.45. The zero-order valence-corrected chi connectivity index (χ0v) is 14.4. The summed E-state index contributed by atoms with van der Waals surface area (Å²) in [4.78, 5) is 5.35. The van der Waals surface area contributed by atoms with E-state index in [1.54, 1.807) is 0 Å². The summed E-state index contributed by atoms with van der Waals surface area (Å²) in [6, 6.07) is 2.26. The maximum atomic E-state index is 2.69. The second-order valence-electron chi connectivity index (χ2n) is 7.88. The van der Waals surface area contributed by atoms with Gasteiger partial charge in [0, 0.05) is 18.1 Å². The molecule has 0 bridgehead atoms. The molecule has 2 heterocycles. The summed E-state index contributed by atoms with van der Waals surface area (Å²) >= 11 is 0. The van der Waals surface area contributed by atoms with Gasteiger partial charge in [0.05, 0.1) is 0 Å². The molecule has 2 heteroatoms. The summed E-state index contributed by atoms with van der Waals surface area (Å²) in [6.45, 7) is 15.8. The van der Waals surface area contributed by atoms with Gasteiger partial charge < -0.3 is 4.90 Å². The van der Waals surface area contributed by atoms with Gasteiger partial charge in [0.25, 0.3) is 0 Å². The Bertz CT molecular complexity index is 279. The standard InChI is InChI=1S/C18H36N2/c1-14(2)19-9-6-17(7-10-19)13-18-8-11-20(15(3)4)16(5)12-18/h14-18H,6-13H2,1-5H3. The molecule has 0 spiro atoms. The van der Waals surface area contributed by atoms with Gasteiger partial charge in [0.1, 0.15) is 0 Å². The lowest BCUT2D eigenvalue weighted by atomic mass is 9.80. The van der Waals surface area contributed by atoms with Crippen molar-refractivity contribution in [3.8, 4) is 0 Å². The van der Waals surface area contributed by atoms with E-state index in [4.69, 9.17) is 0 Å². The lowest BCUT2D eigenvalue weighted by Gasteiger charge is -2.42. The second-order valence-corrected chi connectivity index (χ2v) is 7.88. The Kier molecular flexibility index (Phi) is 5.92. The SMILES string of the molecule is CC(C)N1CCC(CC2CCN(C(C)C)C(C)C2)CC1. The van der Waals surface area contributed by atoms with E-state index in [-0.39, 0.29) is 0 Å². The van der Waals surface area contributed by atoms with Crippen molar-refractivity contribution >= 4 is 0 Å². The highest BCUT2D eigenvalue weighted by atomic mass is 15.2. The van der Waals surface area contributed by atoms with E-state index in [1.807, 2.05) is 0 Å². The Labute approximate surface area is 126 Å². The molecule has 118 valence electrons. The fourth-order valence-electron chi connectivity index (χ4n) is 4.45. The van der Waals surface area contributed by atoms with Crippen molar-refractivity contribution in [1.82, 2.24) is 9.80 Å². The maximum absolute atomic E-state index is 2.69. The number of hydrogen-bond acceptors (Lipinski definition) is 2. The third-order valence-corrected chi connectivity index (χ3v) is 5.75. The normalized spacial score (nSPS) is 31.4. The molecule has 0 aromatic heterocycles. The molecule has 0 aliphatic carbocycles. The number of piperidine rings is 2. The number of rotatable bonds is 4. The topological polar surface area (TPSA) is 6.48 Å². The fraction of sp³-hybridized carbons (Fsp3) is 1.00. The van der Waals surface area contributed by atoms with E-state index in [1.165, 1.54) is 51.7 Å². The van der Waals surface area contributed by atoms with Crippen molar-refractivity contribution in [2.45, 2.75) is 84.8 Å². The Morgan fingerprint density at radius 3 is 1.95 bits per heavy atom. The summed E-state index contributed by atoms with van der Waals surface area (Å²) in [5, 5.41) is 0. The van der Waals surface area contributed by atoms with Crippen molar-refractivity contribution < 1.29 is 0 Å². The highest BCUT2D eigenvalue weighted by Gasteiger charge is 2.29. The maximum Gasteiger partial charge on any atom is 0.00722 e.